The van der Waals surface area contributed by atoms with Crippen LogP contribution in [-0.4, -0.2) is 52.9 Å². The largest absolute Gasteiger partial charge is 0.466 e. The third-order valence-electron chi connectivity index (χ3n) is 4.51. The summed E-state index contributed by atoms with van der Waals surface area (Å²) < 4.78 is 7.10. The molecule has 1 saturated carbocycles. The van der Waals surface area contributed by atoms with E-state index in [-0.39, 0.29) is 35.9 Å². The van der Waals surface area contributed by atoms with Crippen molar-refractivity contribution < 1.29 is 9.53 Å². The number of nitrogens with one attached hydrogen (secondary N) is 2. The zero-order valence-corrected chi connectivity index (χ0v) is 18.0. The van der Waals surface area contributed by atoms with Crippen LogP contribution < -0.4 is 10.6 Å². The predicted molar refractivity (Wildman–Crippen MR) is 112 cm³/mol. The second-order valence-corrected chi connectivity index (χ2v) is 6.35. The van der Waals surface area contributed by atoms with E-state index in [1.54, 1.807) is 19.7 Å². The van der Waals surface area contributed by atoms with Crippen LogP contribution in [0.5, 0.6) is 0 Å². The van der Waals surface area contributed by atoms with Crippen LogP contribution in [0, 0.1) is 5.92 Å². The zero-order valence-electron chi connectivity index (χ0n) is 15.7. The summed E-state index contributed by atoms with van der Waals surface area (Å²) in [6, 6.07) is 0.369. The van der Waals surface area contributed by atoms with Gasteiger partial charge in [-0.25, -0.2) is 0 Å². The number of unbranched alkanes of at least 4 members (excludes halogenated alkanes) is 1. The summed E-state index contributed by atoms with van der Waals surface area (Å²) in [6.07, 6.45) is 9.29. The third kappa shape index (κ3) is 7.88. The first kappa shape index (κ1) is 22.7. The molecule has 1 aromatic heterocycles. The monoisotopic (exact) mass is 478 g/mol. The topological polar surface area (TPSA) is 93.4 Å². The van der Waals surface area contributed by atoms with E-state index in [1.807, 2.05) is 11.5 Å². The van der Waals surface area contributed by atoms with Crippen molar-refractivity contribution in [2.75, 3.05) is 20.2 Å². The fraction of sp³-hybridized carbons (Fsp3) is 0.765. The van der Waals surface area contributed by atoms with Gasteiger partial charge in [-0.1, -0.05) is 0 Å². The molecule has 1 fully saturated rings. The van der Waals surface area contributed by atoms with Crippen LogP contribution in [0.25, 0.3) is 0 Å². The normalized spacial score (nSPS) is 20.2. The summed E-state index contributed by atoms with van der Waals surface area (Å²) in [4.78, 5) is 16.1. The Kier molecular flexibility index (Phi) is 11.2. The molecule has 1 aliphatic carbocycles. The van der Waals surface area contributed by atoms with Gasteiger partial charge >= 0.3 is 5.97 Å². The highest BCUT2D eigenvalue weighted by molar-refractivity contribution is 14.0. The maximum atomic E-state index is 11.8. The molecule has 0 unspecified atom stereocenters. The van der Waals surface area contributed by atoms with Crippen molar-refractivity contribution >= 4 is 35.9 Å². The van der Waals surface area contributed by atoms with Gasteiger partial charge in [0.25, 0.3) is 0 Å². The summed E-state index contributed by atoms with van der Waals surface area (Å²) in [6.45, 7) is 4.12. The van der Waals surface area contributed by atoms with Gasteiger partial charge in [0.15, 0.2) is 5.96 Å². The van der Waals surface area contributed by atoms with E-state index in [0.29, 0.717) is 12.6 Å². The molecule has 2 rings (SSSR count). The smallest absolute Gasteiger partial charge is 0.308 e. The molecule has 0 aliphatic heterocycles. The molecule has 1 aromatic rings. The van der Waals surface area contributed by atoms with Gasteiger partial charge in [-0.3, -0.25) is 9.79 Å². The number of nitrogens with zero attached hydrogens (tertiary/aromatic N) is 4. The van der Waals surface area contributed by atoms with Crippen LogP contribution in [0.1, 0.15) is 45.4 Å². The van der Waals surface area contributed by atoms with Crippen LogP contribution in [-0.2, 0) is 16.1 Å². The van der Waals surface area contributed by atoms with Gasteiger partial charge in [0.2, 0.25) is 0 Å². The summed E-state index contributed by atoms with van der Waals surface area (Å²) >= 11 is 0. The van der Waals surface area contributed by atoms with E-state index in [1.165, 1.54) is 0 Å². The van der Waals surface area contributed by atoms with Crippen LogP contribution in [0.4, 0.5) is 0 Å². The molecular weight excluding hydrogens is 447 g/mol. The molecule has 2 N–H and O–H groups in total. The Labute approximate surface area is 172 Å². The van der Waals surface area contributed by atoms with Gasteiger partial charge in [-0.2, -0.15) is 0 Å². The molecule has 26 heavy (non-hydrogen) atoms. The Hall–Kier alpha value is -1.39. The molecule has 148 valence electrons. The number of guanidine groups is 1. The molecule has 0 spiro atoms. The number of esters is 1. The highest BCUT2D eigenvalue weighted by atomic mass is 127. The molecule has 1 heterocycles. The number of aliphatic imine (C=N–C) groups is 1. The van der Waals surface area contributed by atoms with Gasteiger partial charge in [0, 0.05) is 26.2 Å². The standard InChI is InChI=1S/C17H30N6O2.HI/c1-3-25-16(24)14-6-8-15(9-7-14)22-17(18-2)19-10-4-5-11-23-12-20-21-13-23;/h12-15H,3-11H2,1-2H3,(H2,18,19,22);1H. The number of aromatic nitrogens is 3. The first-order chi connectivity index (χ1) is 12.2. The lowest BCUT2D eigenvalue weighted by molar-refractivity contribution is -0.149. The lowest BCUT2D eigenvalue weighted by atomic mass is 9.86. The van der Waals surface area contributed by atoms with Gasteiger partial charge in [0.1, 0.15) is 12.7 Å². The van der Waals surface area contributed by atoms with E-state index in [9.17, 15) is 4.79 Å². The number of carbonyl (C=O) groups excluding carboxylic acids is 1. The first-order valence-electron chi connectivity index (χ1n) is 9.19. The second-order valence-electron chi connectivity index (χ2n) is 6.35. The fourth-order valence-electron chi connectivity index (χ4n) is 3.09. The summed E-state index contributed by atoms with van der Waals surface area (Å²) in [5.41, 5.74) is 0. The highest BCUT2D eigenvalue weighted by Gasteiger charge is 2.27. The van der Waals surface area contributed by atoms with E-state index in [2.05, 4.69) is 25.8 Å². The molecule has 0 aromatic carbocycles. The van der Waals surface area contributed by atoms with Crippen LogP contribution >= 0.6 is 24.0 Å². The zero-order chi connectivity index (χ0) is 17.9. The minimum absolute atomic E-state index is 0. The van der Waals surface area contributed by atoms with Crippen molar-refractivity contribution in [2.45, 2.75) is 58.0 Å². The lowest BCUT2D eigenvalue weighted by Crippen LogP contribution is -2.45. The SMILES string of the molecule is CCOC(=O)C1CCC(NC(=NC)NCCCCn2cnnc2)CC1.I. The maximum absolute atomic E-state index is 11.8. The van der Waals surface area contributed by atoms with Crippen molar-refractivity contribution in [1.29, 1.82) is 0 Å². The Bertz CT molecular complexity index is 529. The molecule has 8 nitrogen and oxygen atoms in total. The molecular formula is C17H31IN6O2. The average molecular weight is 478 g/mol. The number of carbonyl (C=O) groups is 1. The molecule has 9 heteroatoms. The van der Waals surface area contributed by atoms with E-state index in [4.69, 9.17) is 4.74 Å². The summed E-state index contributed by atoms with van der Waals surface area (Å²) in [5.74, 6) is 0.853. The fourth-order valence-corrected chi connectivity index (χ4v) is 3.09. The maximum Gasteiger partial charge on any atom is 0.308 e. The molecule has 1 aliphatic rings. The van der Waals surface area contributed by atoms with Crippen molar-refractivity contribution in [2.24, 2.45) is 10.9 Å². The number of ether oxygens (including phenoxy) is 1. The predicted octanol–water partition coefficient (Wildman–Crippen LogP) is 1.96. The number of rotatable bonds is 8. The van der Waals surface area contributed by atoms with Gasteiger partial charge < -0.3 is 19.9 Å². The van der Waals surface area contributed by atoms with E-state index in [0.717, 1.165) is 57.6 Å². The van der Waals surface area contributed by atoms with Gasteiger partial charge in [-0.15, -0.1) is 34.2 Å². The van der Waals surface area contributed by atoms with E-state index < -0.39 is 0 Å². The van der Waals surface area contributed by atoms with Crippen LogP contribution in [0.3, 0.4) is 0 Å². The van der Waals surface area contributed by atoms with Gasteiger partial charge in [-0.05, 0) is 45.4 Å². The number of hydrogen-bond donors (Lipinski definition) is 2. The summed E-state index contributed by atoms with van der Waals surface area (Å²) in [5, 5.41) is 14.4. The number of halogens is 1. The molecule has 0 saturated heterocycles. The van der Waals surface area contributed by atoms with Crippen LogP contribution in [0.2, 0.25) is 0 Å². The van der Waals surface area contributed by atoms with Crippen LogP contribution in [0.15, 0.2) is 17.6 Å². The van der Waals surface area contributed by atoms with Crippen molar-refractivity contribution in [3.63, 3.8) is 0 Å². The van der Waals surface area contributed by atoms with Crippen molar-refractivity contribution in [3.8, 4) is 0 Å². The minimum Gasteiger partial charge on any atom is -0.466 e. The molecule has 0 bridgehead atoms. The number of aryl methyl sites for hydroxylation is 1. The quantitative estimate of drug-likeness (QED) is 0.195. The lowest BCUT2D eigenvalue weighted by Gasteiger charge is -2.29. The second kappa shape index (κ2) is 12.9. The number of hydrogen-bond acceptors (Lipinski definition) is 5. The molecule has 0 radical (unpaired) electrons. The minimum atomic E-state index is -0.0449. The van der Waals surface area contributed by atoms with Crippen molar-refractivity contribution in [3.05, 3.63) is 12.7 Å². The molecule has 0 atom stereocenters. The average Bonchev–Trinajstić information content (AvgIpc) is 3.14. The Morgan fingerprint density at radius 2 is 1.92 bits per heavy atom. The highest BCUT2D eigenvalue weighted by Crippen LogP contribution is 2.25. The van der Waals surface area contributed by atoms with Gasteiger partial charge in [0.05, 0.1) is 12.5 Å². The Morgan fingerprint density at radius 1 is 1.23 bits per heavy atom. The third-order valence-corrected chi connectivity index (χ3v) is 4.51. The Balaban J connectivity index is 0.00000338. The van der Waals surface area contributed by atoms with E-state index >= 15 is 0 Å². The first-order valence-corrected chi connectivity index (χ1v) is 9.19. The Morgan fingerprint density at radius 3 is 2.54 bits per heavy atom. The molecule has 0 amide bonds. The summed E-state index contributed by atoms with van der Waals surface area (Å²) in [7, 11) is 1.79. The van der Waals surface area contributed by atoms with Crippen molar-refractivity contribution in [1.82, 2.24) is 25.4 Å².